The van der Waals surface area contributed by atoms with Crippen LogP contribution >= 0.6 is 23.6 Å². The number of nitrogens with one attached hydrogen (secondary N) is 1. The highest BCUT2D eigenvalue weighted by Gasteiger charge is 2.28. The van der Waals surface area contributed by atoms with E-state index in [0.717, 1.165) is 33.7 Å². The second-order valence-corrected chi connectivity index (χ2v) is 8.44. The lowest BCUT2D eigenvalue weighted by Crippen LogP contribution is -2.26. The molecular weight excluding hydrogens is 364 g/mol. The van der Waals surface area contributed by atoms with Crippen LogP contribution in [0.2, 0.25) is 0 Å². The number of thiophene rings is 1. The topological polar surface area (TPSA) is 55.2 Å². The SMILES string of the molecule is CC(C)[C@H]1Cc2c(sc3nc(-c4ccccc4)n4c(=S)[nH]nc4c23)CO1. The molecular formula is C19H18N4OS2. The molecule has 1 aliphatic rings. The largest absolute Gasteiger partial charge is 0.372 e. The third kappa shape index (κ3) is 2.35. The number of ether oxygens (including phenoxy) is 1. The summed E-state index contributed by atoms with van der Waals surface area (Å²) in [5, 5.41) is 8.63. The number of nitrogens with zero attached hydrogens (tertiary/aromatic N) is 3. The fraction of sp³-hybridized carbons (Fsp3) is 0.316. The number of H-pyrrole nitrogens is 1. The Hall–Kier alpha value is -2.09. The van der Waals surface area contributed by atoms with Gasteiger partial charge in [0.05, 0.1) is 18.1 Å². The van der Waals surface area contributed by atoms with Gasteiger partial charge in [-0.05, 0) is 23.7 Å². The van der Waals surface area contributed by atoms with Gasteiger partial charge in [0.25, 0.3) is 0 Å². The van der Waals surface area contributed by atoms with Crippen LogP contribution in [-0.2, 0) is 17.8 Å². The summed E-state index contributed by atoms with van der Waals surface area (Å²) in [5.74, 6) is 1.30. The number of benzene rings is 1. The van der Waals surface area contributed by atoms with E-state index in [4.69, 9.17) is 21.9 Å². The third-order valence-electron chi connectivity index (χ3n) is 5.00. The second kappa shape index (κ2) is 5.97. The fourth-order valence-electron chi connectivity index (χ4n) is 3.60. The van der Waals surface area contributed by atoms with Crippen molar-refractivity contribution in [3.63, 3.8) is 0 Å². The van der Waals surface area contributed by atoms with Crippen molar-refractivity contribution in [3.05, 3.63) is 45.5 Å². The number of hydrogen-bond donors (Lipinski definition) is 1. The number of fused-ring (bicyclic) bond motifs is 5. The van der Waals surface area contributed by atoms with Gasteiger partial charge in [-0.15, -0.1) is 11.3 Å². The van der Waals surface area contributed by atoms with Gasteiger partial charge in [-0.3, -0.25) is 9.50 Å². The normalized spacial score (nSPS) is 17.3. The molecule has 1 N–H and O–H groups in total. The molecule has 26 heavy (non-hydrogen) atoms. The third-order valence-corrected chi connectivity index (χ3v) is 6.37. The lowest BCUT2D eigenvalue weighted by molar-refractivity contribution is 0.00203. The maximum atomic E-state index is 6.05. The summed E-state index contributed by atoms with van der Waals surface area (Å²) in [5.41, 5.74) is 3.21. The summed E-state index contributed by atoms with van der Waals surface area (Å²) in [6.45, 7) is 5.06. The smallest absolute Gasteiger partial charge is 0.201 e. The zero-order valence-electron chi connectivity index (χ0n) is 14.5. The molecule has 0 unspecified atom stereocenters. The fourth-order valence-corrected chi connectivity index (χ4v) is 4.94. The molecule has 0 bridgehead atoms. The highest BCUT2D eigenvalue weighted by atomic mass is 32.1. The van der Waals surface area contributed by atoms with Gasteiger partial charge in [0.1, 0.15) is 10.7 Å². The molecule has 0 saturated carbocycles. The molecule has 5 nitrogen and oxygen atoms in total. The predicted octanol–water partition coefficient (Wildman–Crippen LogP) is 4.77. The highest BCUT2D eigenvalue weighted by molar-refractivity contribution is 7.71. The van der Waals surface area contributed by atoms with E-state index in [1.54, 1.807) is 11.3 Å². The van der Waals surface area contributed by atoms with E-state index < -0.39 is 0 Å². The van der Waals surface area contributed by atoms with Crippen LogP contribution in [0.5, 0.6) is 0 Å². The van der Waals surface area contributed by atoms with Crippen molar-refractivity contribution in [2.75, 3.05) is 0 Å². The quantitative estimate of drug-likeness (QED) is 0.508. The van der Waals surface area contributed by atoms with Gasteiger partial charge in [0.2, 0.25) is 4.77 Å². The standard InChI is InChI=1S/C19H18N4OS2/c1-10(2)13-8-12-14(9-24-13)26-18-15(12)17-21-22-19(25)23(17)16(20-18)11-6-4-3-5-7-11/h3-7,10,13H,8-9H2,1-2H3,(H,22,25)/t13-/m1/s1. The monoisotopic (exact) mass is 382 g/mol. The number of rotatable bonds is 2. The van der Waals surface area contributed by atoms with Crippen molar-refractivity contribution < 1.29 is 4.74 Å². The van der Waals surface area contributed by atoms with Crippen LogP contribution in [0.4, 0.5) is 0 Å². The van der Waals surface area contributed by atoms with Crippen molar-refractivity contribution in [2.24, 2.45) is 5.92 Å². The molecule has 3 aromatic heterocycles. The summed E-state index contributed by atoms with van der Waals surface area (Å²) in [6, 6.07) is 10.1. The molecule has 0 radical (unpaired) electrons. The van der Waals surface area contributed by atoms with E-state index in [1.165, 1.54) is 10.4 Å². The summed E-state index contributed by atoms with van der Waals surface area (Å²) in [7, 11) is 0. The summed E-state index contributed by atoms with van der Waals surface area (Å²) in [6.07, 6.45) is 1.13. The molecule has 0 fully saturated rings. The summed E-state index contributed by atoms with van der Waals surface area (Å²) < 4.78 is 8.58. The van der Waals surface area contributed by atoms with Gasteiger partial charge in [0, 0.05) is 16.9 Å². The molecule has 4 aromatic rings. The first-order valence-corrected chi connectivity index (χ1v) is 9.94. The Kier molecular flexibility index (Phi) is 3.70. The molecule has 0 spiro atoms. The lowest BCUT2D eigenvalue weighted by atomic mass is 9.96. The van der Waals surface area contributed by atoms with Crippen molar-refractivity contribution in [1.29, 1.82) is 0 Å². The van der Waals surface area contributed by atoms with E-state index in [2.05, 4.69) is 24.0 Å². The molecule has 5 rings (SSSR count). The molecule has 0 aliphatic carbocycles. The maximum absolute atomic E-state index is 6.05. The second-order valence-electron chi connectivity index (χ2n) is 6.97. The van der Waals surface area contributed by atoms with E-state index in [9.17, 15) is 0 Å². The Morgan fingerprint density at radius 1 is 1.31 bits per heavy atom. The van der Waals surface area contributed by atoms with Crippen LogP contribution in [0.1, 0.15) is 24.3 Å². The maximum Gasteiger partial charge on any atom is 0.201 e. The van der Waals surface area contributed by atoms with Gasteiger partial charge >= 0.3 is 0 Å². The van der Waals surface area contributed by atoms with Gasteiger partial charge in [-0.2, -0.15) is 5.10 Å². The minimum atomic E-state index is 0.232. The van der Waals surface area contributed by atoms with Crippen LogP contribution in [-0.4, -0.2) is 25.7 Å². The number of aromatic nitrogens is 4. The van der Waals surface area contributed by atoms with E-state index in [1.807, 2.05) is 34.7 Å². The van der Waals surface area contributed by atoms with E-state index in [-0.39, 0.29) is 6.10 Å². The molecule has 1 aliphatic heterocycles. The van der Waals surface area contributed by atoms with Crippen LogP contribution in [0, 0.1) is 10.7 Å². The van der Waals surface area contributed by atoms with Crippen molar-refractivity contribution in [1.82, 2.24) is 19.6 Å². The van der Waals surface area contributed by atoms with Crippen LogP contribution in [0.15, 0.2) is 30.3 Å². The summed E-state index contributed by atoms with van der Waals surface area (Å²) in [4.78, 5) is 7.24. The Bertz CT molecular complexity index is 1170. The van der Waals surface area contributed by atoms with Gasteiger partial charge < -0.3 is 4.74 Å². The molecule has 1 aromatic carbocycles. The molecule has 132 valence electrons. The lowest BCUT2D eigenvalue weighted by Gasteiger charge is -2.26. The minimum Gasteiger partial charge on any atom is -0.372 e. The summed E-state index contributed by atoms with van der Waals surface area (Å²) >= 11 is 7.22. The Labute approximate surface area is 159 Å². The van der Waals surface area contributed by atoms with Gasteiger partial charge in [0.15, 0.2) is 5.65 Å². The Balaban J connectivity index is 1.83. The van der Waals surface area contributed by atoms with Crippen molar-refractivity contribution in [2.45, 2.75) is 33.0 Å². The number of hydrogen-bond acceptors (Lipinski definition) is 5. The molecule has 0 amide bonds. The highest BCUT2D eigenvalue weighted by Crippen LogP contribution is 2.39. The first kappa shape index (κ1) is 16.1. The van der Waals surface area contributed by atoms with Crippen LogP contribution in [0.3, 0.4) is 0 Å². The number of aromatic amines is 1. The van der Waals surface area contributed by atoms with E-state index >= 15 is 0 Å². The van der Waals surface area contributed by atoms with Gasteiger partial charge in [-0.1, -0.05) is 44.2 Å². The minimum absolute atomic E-state index is 0.232. The molecule has 1 atom stereocenters. The average Bonchev–Trinajstić information content (AvgIpc) is 3.21. The molecule has 0 saturated heterocycles. The Morgan fingerprint density at radius 2 is 2.12 bits per heavy atom. The zero-order valence-corrected chi connectivity index (χ0v) is 16.2. The zero-order chi connectivity index (χ0) is 17.8. The predicted molar refractivity (Wildman–Crippen MR) is 106 cm³/mol. The van der Waals surface area contributed by atoms with Crippen LogP contribution < -0.4 is 0 Å². The van der Waals surface area contributed by atoms with Crippen molar-refractivity contribution in [3.8, 4) is 11.4 Å². The average molecular weight is 383 g/mol. The Morgan fingerprint density at radius 3 is 2.88 bits per heavy atom. The first-order chi connectivity index (χ1) is 12.6. The first-order valence-electron chi connectivity index (χ1n) is 8.72. The molecule has 7 heteroatoms. The molecule has 4 heterocycles. The van der Waals surface area contributed by atoms with Crippen LogP contribution in [0.25, 0.3) is 27.3 Å². The van der Waals surface area contributed by atoms with Crippen molar-refractivity contribution >= 4 is 39.4 Å². The van der Waals surface area contributed by atoms with E-state index in [0.29, 0.717) is 17.3 Å². The van der Waals surface area contributed by atoms with Gasteiger partial charge in [-0.25, -0.2) is 4.98 Å².